The summed E-state index contributed by atoms with van der Waals surface area (Å²) in [6.07, 6.45) is 3.03. The van der Waals surface area contributed by atoms with Gasteiger partial charge in [-0.3, -0.25) is 0 Å². The van der Waals surface area contributed by atoms with E-state index in [1.807, 2.05) is 42.5 Å². The Morgan fingerprint density at radius 3 is 1.64 bits per heavy atom. The van der Waals surface area contributed by atoms with Crippen molar-refractivity contribution in [1.29, 1.82) is 0 Å². The Labute approximate surface area is 295 Å². The first-order chi connectivity index (χ1) is 19.5. The number of nitrogen functional groups attached to an aromatic ring is 2. The number of aryl methyl sites for hydroxylation is 1. The third-order valence-electron chi connectivity index (χ3n) is 8.05. The van der Waals surface area contributed by atoms with Crippen molar-refractivity contribution in [1.82, 2.24) is 0 Å². The molecule has 0 aliphatic carbocycles. The number of rotatable bonds is 9. The first kappa shape index (κ1) is 34.2. The fourth-order valence-corrected chi connectivity index (χ4v) is 5.95. The summed E-state index contributed by atoms with van der Waals surface area (Å²) in [4.78, 5) is 0. The van der Waals surface area contributed by atoms with Crippen molar-refractivity contribution < 1.29 is 5.11 Å². The van der Waals surface area contributed by atoms with E-state index in [2.05, 4.69) is 86.6 Å². The molecule has 0 saturated heterocycles. The minimum Gasteiger partial charge on any atom is -0.397 e. The van der Waals surface area contributed by atoms with E-state index in [4.69, 9.17) is 11.5 Å². The molecule has 1 unspecified atom stereocenters. The molecule has 0 saturated carbocycles. The Balaban J connectivity index is 0.00000242. The standard InChI is InChI=1S/C37H38N2O.2Na/c1-3-28-25-34(36(39)35(38)31(28)4-2)37(40,30-20-12-7-13-21-30)33-22-14-19-29(23-26-15-8-5-9-16-26)32(33)24-27-17-10-6-11-18-27;;/h5-22,25,40H,3-4,23-24,38-39H2,1-2H3;;. The second-order valence-corrected chi connectivity index (χ2v) is 10.4. The van der Waals surface area contributed by atoms with Crippen LogP contribution in [0.1, 0.15) is 63.9 Å². The maximum Gasteiger partial charge on any atom is 0.142 e. The van der Waals surface area contributed by atoms with Crippen LogP contribution in [-0.2, 0) is 31.3 Å². The van der Waals surface area contributed by atoms with E-state index in [1.54, 1.807) is 0 Å². The maximum absolute atomic E-state index is 13.1. The van der Waals surface area contributed by atoms with E-state index in [0.29, 0.717) is 23.4 Å². The van der Waals surface area contributed by atoms with Gasteiger partial charge in [-0.1, -0.05) is 123 Å². The first-order valence-corrected chi connectivity index (χ1v) is 14.1. The van der Waals surface area contributed by atoms with Gasteiger partial charge >= 0.3 is 0 Å². The maximum atomic E-state index is 13.1. The summed E-state index contributed by atoms with van der Waals surface area (Å²) in [7, 11) is 0. The summed E-state index contributed by atoms with van der Waals surface area (Å²) in [5.74, 6) is 0. The zero-order chi connectivity index (χ0) is 28.1. The molecule has 0 spiro atoms. The van der Waals surface area contributed by atoms with Crippen LogP contribution in [0.15, 0.2) is 115 Å². The van der Waals surface area contributed by atoms with Gasteiger partial charge in [0.25, 0.3) is 0 Å². The SMILES string of the molecule is CCc1cc(C(O)(c2ccccc2)c2cccc(Cc3ccccc3)c2Cc2ccccc2)c(N)c(N)c1CC.[Na].[Na]. The van der Waals surface area contributed by atoms with Gasteiger partial charge in [0.15, 0.2) is 0 Å². The Hall–Kier alpha value is -2.34. The summed E-state index contributed by atoms with van der Waals surface area (Å²) >= 11 is 0. The Bertz CT molecular complexity index is 1590. The molecule has 204 valence electrons. The van der Waals surface area contributed by atoms with Gasteiger partial charge in [0.05, 0.1) is 11.4 Å². The van der Waals surface area contributed by atoms with Crippen molar-refractivity contribution in [2.24, 2.45) is 0 Å². The number of hydrogen-bond donors (Lipinski definition) is 3. The number of aliphatic hydroxyl groups is 1. The second kappa shape index (κ2) is 15.4. The van der Waals surface area contributed by atoms with E-state index in [1.165, 1.54) is 16.7 Å². The number of benzene rings is 5. The van der Waals surface area contributed by atoms with Crippen LogP contribution in [0.2, 0.25) is 0 Å². The minimum atomic E-state index is -1.51. The fourth-order valence-electron chi connectivity index (χ4n) is 5.95. The molecule has 5 heteroatoms. The number of hydrogen-bond acceptors (Lipinski definition) is 3. The zero-order valence-corrected chi connectivity index (χ0v) is 29.4. The van der Waals surface area contributed by atoms with Crippen LogP contribution in [0.25, 0.3) is 0 Å². The molecule has 1 atom stereocenters. The molecule has 0 aliphatic heterocycles. The zero-order valence-electron chi connectivity index (χ0n) is 25.4. The molecular weight excluding hydrogens is 534 g/mol. The molecule has 2 radical (unpaired) electrons. The van der Waals surface area contributed by atoms with Crippen molar-refractivity contribution in [2.45, 2.75) is 45.1 Å². The van der Waals surface area contributed by atoms with Gasteiger partial charge in [-0.05, 0) is 76.3 Å². The van der Waals surface area contributed by atoms with Crippen molar-refractivity contribution in [2.75, 3.05) is 11.5 Å². The molecule has 5 N–H and O–H groups in total. The van der Waals surface area contributed by atoms with Gasteiger partial charge in [-0.25, -0.2) is 0 Å². The largest absolute Gasteiger partial charge is 0.397 e. The summed E-state index contributed by atoms with van der Waals surface area (Å²) in [5, 5.41) is 13.1. The monoisotopic (exact) mass is 572 g/mol. The van der Waals surface area contributed by atoms with E-state index in [9.17, 15) is 5.11 Å². The van der Waals surface area contributed by atoms with Crippen LogP contribution >= 0.6 is 0 Å². The Morgan fingerprint density at radius 1 is 0.548 bits per heavy atom. The molecule has 0 aliphatic rings. The first-order valence-electron chi connectivity index (χ1n) is 14.1. The van der Waals surface area contributed by atoms with Crippen molar-refractivity contribution in [3.8, 4) is 0 Å². The van der Waals surface area contributed by atoms with Gasteiger partial charge in [-0.2, -0.15) is 0 Å². The third-order valence-corrected chi connectivity index (χ3v) is 8.05. The van der Waals surface area contributed by atoms with Gasteiger partial charge in [-0.15, -0.1) is 0 Å². The normalized spacial score (nSPS) is 12.1. The predicted molar refractivity (Wildman–Crippen MR) is 179 cm³/mol. The second-order valence-electron chi connectivity index (χ2n) is 10.4. The molecule has 0 aromatic heterocycles. The van der Waals surface area contributed by atoms with E-state index in [-0.39, 0.29) is 59.1 Å². The molecule has 0 fully saturated rings. The van der Waals surface area contributed by atoms with E-state index < -0.39 is 5.60 Å². The van der Waals surface area contributed by atoms with Crippen LogP contribution in [0.3, 0.4) is 0 Å². The average Bonchev–Trinajstić information content (AvgIpc) is 3.00. The van der Waals surface area contributed by atoms with Crippen LogP contribution < -0.4 is 11.5 Å². The molecule has 0 bridgehead atoms. The smallest absolute Gasteiger partial charge is 0.142 e. The van der Waals surface area contributed by atoms with Gasteiger partial charge in [0, 0.05) is 64.7 Å². The molecular formula is C37H38N2Na2O. The summed E-state index contributed by atoms with van der Waals surface area (Å²) < 4.78 is 0. The number of anilines is 2. The molecule has 42 heavy (non-hydrogen) atoms. The predicted octanol–water partition coefficient (Wildman–Crippen LogP) is 6.68. The molecule has 5 aromatic carbocycles. The Morgan fingerprint density at radius 2 is 1.10 bits per heavy atom. The van der Waals surface area contributed by atoms with E-state index >= 15 is 0 Å². The van der Waals surface area contributed by atoms with Crippen LogP contribution in [0, 0.1) is 0 Å². The molecule has 5 rings (SSSR count). The quantitative estimate of drug-likeness (QED) is 0.105. The number of nitrogens with two attached hydrogens (primary N) is 2. The summed E-state index contributed by atoms with van der Waals surface area (Å²) in [5.41, 5.74) is 22.1. The molecule has 0 heterocycles. The van der Waals surface area contributed by atoms with Gasteiger partial charge in [0.2, 0.25) is 0 Å². The minimum absolute atomic E-state index is 0. The Kier molecular flexibility index (Phi) is 12.5. The van der Waals surface area contributed by atoms with Crippen molar-refractivity contribution in [3.63, 3.8) is 0 Å². The van der Waals surface area contributed by atoms with Crippen LogP contribution in [-0.4, -0.2) is 64.2 Å². The van der Waals surface area contributed by atoms with E-state index in [0.717, 1.165) is 47.1 Å². The third kappa shape index (κ3) is 6.90. The topological polar surface area (TPSA) is 72.3 Å². The molecule has 5 aromatic rings. The van der Waals surface area contributed by atoms with Crippen molar-refractivity contribution >= 4 is 70.5 Å². The average molecular weight is 573 g/mol. The van der Waals surface area contributed by atoms with Gasteiger partial charge in [0.1, 0.15) is 5.60 Å². The fraction of sp³-hybridized carbons (Fsp3) is 0.189. The van der Waals surface area contributed by atoms with Crippen molar-refractivity contribution in [3.05, 3.63) is 165 Å². The summed E-state index contributed by atoms with van der Waals surface area (Å²) in [6, 6.07) is 39.1. The summed E-state index contributed by atoms with van der Waals surface area (Å²) in [6.45, 7) is 4.22. The van der Waals surface area contributed by atoms with Crippen LogP contribution in [0.5, 0.6) is 0 Å². The van der Waals surface area contributed by atoms with Gasteiger partial charge < -0.3 is 16.6 Å². The van der Waals surface area contributed by atoms with Crippen LogP contribution in [0.4, 0.5) is 11.4 Å². The molecule has 0 amide bonds. The molecule has 3 nitrogen and oxygen atoms in total.